The highest BCUT2D eigenvalue weighted by Crippen LogP contribution is 2.66. The van der Waals surface area contributed by atoms with E-state index in [1.165, 1.54) is 7.11 Å². The van der Waals surface area contributed by atoms with Gasteiger partial charge < -0.3 is 74.4 Å². The predicted octanol–water partition coefficient (Wildman–Crippen LogP) is 1.30. The Bertz CT molecular complexity index is 1940. The van der Waals surface area contributed by atoms with E-state index in [1.807, 2.05) is 11.8 Å². The highest BCUT2D eigenvalue weighted by molar-refractivity contribution is 8.00. The summed E-state index contributed by atoms with van der Waals surface area (Å²) in [4.78, 5) is 72.3. The number of aryl methyl sites for hydroxylation is 1. The molecular weight excluding hydrogens is 945 g/mol. The predicted molar refractivity (Wildman–Crippen MR) is 231 cm³/mol. The second-order valence-electron chi connectivity index (χ2n) is 14.8. The molecule has 0 saturated carbocycles. The van der Waals surface area contributed by atoms with Crippen LogP contribution in [0.3, 0.4) is 0 Å². The number of aliphatic hydroxyl groups excluding tert-OH is 1. The van der Waals surface area contributed by atoms with Crippen LogP contribution in [0.4, 0.5) is 4.79 Å². The molecule has 24 nitrogen and oxygen atoms in total. The number of carbonyl (C=O) groups is 3. The summed E-state index contributed by atoms with van der Waals surface area (Å²) in [6, 6.07) is 3.67. The number of nitrogens with one attached hydrogen (secondary N) is 4. The summed E-state index contributed by atoms with van der Waals surface area (Å²) in [5, 5.41) is 22.4. The number of rotatable bonds is 30. The first-order chi connectivity index (χ1) is 30.8. The maximum atomic E-state index is 12.3. The number of ether oxygens (including phenoxy) is 6. The number of unbranched alkanes of at least 4 members (excludes halogenated alkanes) is 1. The molecule has 3 saturated heterocycles. The molecule has 3 fully saturated rings. The molecule has 3 aliphatic rings. The number of benzene rings is 1. The number of fused-ring (bicyclic) bond motifs is 1. The van der Waals surface area contributed by atoms with Crippen LogP contribution in [0.2, 0.25) is 0 Å². The Hall–Kier alpha value is -2.69. The molecule has 1 aromatic rings. The summed E-state index contributed by atoms with van der Waals surface area (Å²) in [5.41, 5.74) is 1.76. The summed E-state index contributed by atoms with van der Waals surface area (Å²) < 4.78 is 79.8. The van der Waals surface area contributed by atoms with E-state index in [4.69, 9.17) is 38.2 Å². The van der Waals surface area contributed by atoms with Crippen molar-refractivity contribution in [1.29, 1.82) is 0 Å². The van der Waals surface area contributed by atoms with E-state index in [2.05, 4.69) is 46.3 Å². The Morgan fingerprint density at radius 2 is 1.54 bits per heavy atom. The molecule has 0 radical (unpaired) electrons. The van der Waals surface area contributed by atoms with Crippen LogP contribution in [0.1, 0.15) is 61.3 Å². The minimum atomic E-state index is -5.72. The van der Waals surface area contributed by atoms with Gasteiger partial charge in [0, 0.05) is 47.9 Å². The fraction of sp³-hybridized carbons (Fsp3) is 0.703. The topological polar surface area (TPSA) is 335 Å². The summed E-state index contributed by atoms with van der Waals surface area (Å²) in [6.07, 6.45) is -0.0662. The average molecular weight is 1000 g/mol. The SMILES string of the molecule is COc1cc(C)c(C#CCNC(=O)CCOCCOCCOCCOCCNC(=O)CCCC[C@@H]2SC[C@@H]3NC(=O)N[C@@H]32)cc1[C@H]1C[C@H](O)[C@@H](COP(=O)(O)OP(=O)(O)OP(=O)(O)O)O1. The lowest BCUT2D eigenvalue weighted by Crippen LogP contribution is -2.36. The van der Waals surface area contributed by atoms with E-state index >= 15 is 0 Å². The van der Waals surface area contributed by atoms with Gasteiger partial charge in [-0.3, -0.25) is 14.1 Å². The molecule has 0 aliphatic carbocycles. The van der Waals surface area contributed by atoms with Crippen LogP contribution < -0.4 is 26.0 Å². The van der Waals surface area contributed by atoms with Gasteiger partial charge in [-0.25, -0.2) is 18.5 Å². The Morgan fingerprint density at radius 1 is 0.877 bits per heavy atom. The third-order valence-corrected chi connectivity index (χ3v) is 15.1. The van der Waals surface area contributed by atoms with E-state index in [0.717, 1.165) is 30.6 Å². The van der Waals surface area contributed by atoms with Crippen molar-refractivity contribution in [2.75, 3.05) is 85.4 Å². The summed E-state index contributed by atoms with van der Waals surface area (Å²) in [7, 11) is -15.3. The van der Waals surface area contributed by atoms with Crippen molar-refractivity contribution in [1.82, 2.24) is 21.3 Å². The van der Waals surface area contributed by atoms with Crippen molar-refractivity contribution in [3.05, 3.63) is 28.8 Å². The molecule has 9 N–H and O–H groups in total. The highest BCUT2D eigenvalue weighted by atomic mass is 32.2. The van der Waals surface area contributed by atoms with Gasteiger partial charge in [0.1, 0.15) is 11.9 Å². The van der Waals surface area contributed by atoms with Crippen LogP contribution in [0.15, 0.2) is 12.1 Å². The molecule has 1 aromatic carbocycles. The lowest BCUT2D eigenvalue weighted by Gasteiger charge is -2.20. The average Bonchev–Trinajstić information content (AvgIpc) is 3.90. The minimum Gasteiger partial charge on any atom is -0.496 e. The fourth-order valence-corrected chi connectivity index (χ4v) is 11.3. The third-order valence-electron chi connectivity index (χ3n) is 9.80. The standard InChI is InChI=1S/C37H59N4O20P3S/c1-25-20-30(53-2)27(31-22-29(42)32(59-31)23-58-63(49,50)61-64(51,52)60-62(46,47)48)21-26(25)6-5-10-38-35(44)9-12-54-14-16-56-18-19-57-17-15-55-13-11-39-34(43)8-4-3-7-33-36-28(24-65-33)40-37(45)41-36/h20-21,28-29,31-33,36,42H,3-4,7-19,22-24H2,1-2H3,(H,38,44)(H,39,43)(H,49,50)(H,51,52)(H2,40,41,45)(H2,46,47,48)/t28-,29-,31+,32+,33-,36-/m0/s1. The van der Waals surface area contributed by atoms with Crippen molar-refractivity contribution < 1.29 is 94.3 Å². The number of phosphoric acid groups is 3. The summed E-state index contributed by atoms with van der Waals surface area (Å²) in [6.45, 7) is 4.08. The number of phosphoric ester groups is 1. The Morgan fingerprint density at radius 3 is 2.22 bits per heavy atom. The van der Waals surface area contributed by atoms with Gasteiger partial charge in [0.15, 0.2) is 0 Å². The smallest absolute Gasteiger partial charge is 0.490 e. The number of methoxy groups -OCH3 is 1. The maximum absolute atomic E-state index is 12.3. The molecule has 3 heterocycles. The van der Waals surface area contributed by atoms with E-state index in [-0.39, 0.29) is 62.5 Å². The third kappa shape index (κ3) is 20.6. The summed E-state index contributed by atoms with van der Waals surface area (Å²) in [5.74, 6) is 6.89. The zero-order chi connectivity index (χ0) is 47.5. The van der Waals surface area contributed by atoms with Gasteiger partial charge in [0.05, 0.1) is 97.4 Å². The molecule has 4 rings (SSSR count). The van der Waals surface area contributed by atoms with Gasteiger partial charge in [0.2, 0.25) is 11.8 Å². The lowest BCUT2D eigenvalue weighted by atomic mass is 9.98. The zero-order valence-corrected chi connectivity index (χ0v) is 39.5. The molecule has 65 heavy (non-hydrogen) atoms. The lowest BCUT2D eigenvalue weighted by molar-refractivity contribution is -0.122. The molecule has 2 unspecified atom stereocenters. The second-order valence-corrected chi connectivity index (χ2v) is 20.4. The first-order valence-electron chi connectivity index (χ1n) is 20.7. The van der Waals surface area contributed by atoms with Gasteiger partial charge in [-0.1, -0.05) is 18.3 Å². The van der Waals surface area contributed by atoms with Crippen LogP contribution in [-0.4, -0.2) is 157 Å². The largest absolute Gasteiger partial charge is 0.496 e. The minimum absolute atomic E-state index is 0.00359. The molecule has 0 spiro atoms. The Kier molecular flexibility index (Phi) is 23.1. The van der Waals surface area contributed by atoms with Crippen molar-refractivity contribution in [2.45, 2.75) is 81.1 Å². The number of urea groups is 1. The van der Waals surface area contributed by atoms with Gasteiger partial charge in [-0.2, -0.15) is 20.4 Å². The van der Waals surface area contributed by atoms with Crippen molar-refractivity contribution in [3.8, 4) is 17.6 Å². The fourth-order valence-electron chi connectivity index (χ4n) is 6.73. The van der Waals surface area contributed by atoms with Crippen LogP contribution in [0, 0.1) is 18.8 Å². The van der Waals surface area contributed by atoms with Gasteiger partial charge in [0.25, 0.3) is 0 Å². The normalized spacial score (nSPS) is 23.3. The molecule has 8 atom stereocenters. The van der Waals surface area contributed by atoms with Gasteiger partial charge in [-0.05, 0) is 37.5 Å². The Balaban J connectivity index is 0.987. The van der Waals surface area contributed by atoms with Crippen LogP contribution >= 0.6 is 35.2 Å². The molecule has 4 amide bonds. The van der Waals surface area contributed by atoms with E-state index < -0.39 is 48.4 Å². The quantitative estimate of drug-likeness (QED) is 0.0227. The number of thioether (sulfide) groups is 1. The van der Waals surface area contributed by atoms with E-state index in [9.17, 15) is 43.0 Å². The summed E-state index contributed by atoms with van der Waals surface area (Å²) >= 11 is 1.87. The van der Waals surface area contributed by atoms with Gasteiger partial charge in [-0.15, -0.1) is 0 Å². The van der Waals surface area contributed by atoms with Crippen molar-refractivity contribution in [2.24, 2.45) is 0 Å². The number of carbonyl (C=O) groups excluding carboxylic acids is 3. The number of hydrogen-bond donors (Lipinski definition) is 9. The first-order valence-corrected chi connectivity index (χ1v) is 26.2. The van der Waals surface area contributed by atoms with Crippen LogP contribution in [0.5, 0.6) is 5.75 Å². The molecule has 368 valence electrons. The van der Waals surface area contributed by atoms with Crippen molar-refractivity contribution in [3.63, 3.8) is 0 Å². The number of hydrogen-bond acceptors (Lipinski definition) is 17. The van der Waals surface area contributed by atoms with E-state index in [0.29, 0.717) is 74.7 Å². The molecule has 0 aromatic heterocycles. The first kappa shape index (κ1) is 54.9. The number of amides is 4. The Labute approximate surface area is 380 Å². The second kappa shape index (κ2) is 27.3. The molecule has 28 heteroatoms. The number of aliphatic hydroxyl groups is 1. The monoisotopic (exact) mass is 1000 g/mol. The molecule has 0 bridgehead atoms. The van der Waals surface area contributed by atoms with Gasteiger partial charge >= 0.3 is 29.5 Å². The zero-order valence-electron chi connectivity index (χ0n) is 36.0. The molecular formula is C37H59N4O20P3S. The van der Waals surface area contributed by atoms with Crippen molar-refractivity contribution >= 4 is 53.1 Å². The molecule has 3 aliphatic heterocycles. The van der Waals surface area contributed by atoms with Crippen LogP contribution in [0.25, 0.3) is 0 Å². The van der Waals surface area contributed by atoms with Crippen LogP contribution in [-0.2, 0) is 60.1 Å². The highest BCUT2D eigenvalue weighted by Gasteiger charge is 2.44. The van der Waals surface area contributed by atoms with E-state index in [1.54, 1.807) is 19.1 Å². The maximum Gasteiger partial charge on any atom is 0.490 e.